The first kappa shape index (κ1) is 17.2. The van der Waals surface area contributed by atoms with Gasteiger partial charge in [0.05, 0.1) is 12.5 Å². The second-order valence-electron chi connectivity index (χ2n) is 6.28. The Morgan fingerprint density at radius 3 is 2.33 bits per heavy atom. The summed E-state index contributed by atoms with van der Waals surface area (Å²) in [7, 11) is 0. The van der Waals surface area contributed by atoms with Crippen molar-refractivity contribution in [2.75, 3.05) is 39.4 Å². The van der Waals surface area contributed by atoms with Crippen molar-refractivity contribution in [3.63, 3.8) is 0 Å². The zero-order chi connectivity index (χ0) is 17.2. The van der Waals surface area contributed by atoms with Gasteiger partial charge >= 0.3 is 6.18 Å². The van der Waals surface area contributed by atoms with Crippen LogP contribution in [0.4, 0.5) is 13.2 Å². The lowest BCUT2D eigenvalue weighted by Gasteiger charge is -2.40. The molecule has 2 aliphatic heterocycles. The molecule has 2 saturated heterocycles. The fraction of sp³-hybridized carbons (Fsp3) is 0.588. The third kappa shape index (κ3) is 3.72. The average Bonchev–Trinajstić information content (AvgIpc) is 3.09. The Balaban J connectivity index is 1.66. The highest BCUT2D eigenvalue weighted by atomic mass is 19.4. The van der Waals surface area contributed by atoms with Crippen LogP contribution in [0.2, 0.25) is 0 Å². The van der Waals surface area contributed by atoms with Gasteiger partial charge < -0.3 is 9.64 Å². The van der Waals surface area contributed by atoms with E-state index < -0.39 is 12.2 Å². The predicted octanol–water partition coefficient (Wildman–Crippen LogP) is 2.47. The molecule has 0 aromatic heterocycles. The van der Waals surface area contributed by atoms with Crippen LogP contribution in [0.5, 0.6) is 0 Å². The summed E-state index contributed by atoms with van der Waals surface area (Å²) in [5.74, 6) is -0.125. The van der Waals surface area contributed by atoms with E-state index in [9.17, 15) is 18.0 Å². The number of hydrogen-bond donors (Lipinski definition) is 0. The van der Waals surface area contributed by atoms with Gasteiger partial charge in [0.2, 0.25) is 5.91 Å². The molecule has 0 radical (unpaired) electrons. The molecule has 0 aliphatic carbocycles. The van der Waals surface area contributed by atoms with Crippen LogP contribution >= 0.6 is 0 Å². The van der Waals surface area contributed by atoms with E-state index in [0.717, 1.165) is 0 Å². The molecule has 2 atom stereocenters. The van der Waals surface area contributed by atoms with Gasteiger partial charge in [-0.1, -0.05) is 30.3 Å². The van der Waals surface area contributed by atoms with Gasteiger partial charge in [0, 0.05) is 32.8 Å². The quantitative estimate of drug-likeness (QED) is 0.846. The Bertz CT molecular complexity index is 551. The number of carbonyl (C=O) groups is 1. The van der Waals surface area contributed by atoms with Gasteiger partial charge in [-0.05, 0) is 12.0 Å². The first-order valence-electron chi connectivity index (χ1n) is 8.19. The monoisotopic (exact) mass is 342 g/mol. The maximum absolute atomic E-state index is 13.6. The molecule has 2 aliphatic rings. The Morgan fingerprint density at radius 2 is 1.79 bits per heavy atom. The summed E-state index contributed by atoms with van der Waals surface area (Å²) in [4.78, 5) is 15.4. The lowest BCUT2D eigenvalue weighted by atomic mass is 10.0. The van der Waals surface area contributed by atoms with Gasteiger partial charge in [0.25, 0.3) is 0 Å². The lowest BCUT2D eigenvalue weighted by Crippen LogP contribution is -2.53. The van der Waals surface area contributed by atoms with Crippen molar-refractivity contribution in [2.45, 2.75) is 18.6 Å². The van der Waals surface area contributed by atoms with E-state index >= 15 is 0 Å². The minimum absolute atomic E-state index is 0.00965. The number of benzene rings is 1. The highest BCUT2D eigenvalue weighted by molar-refractivity contribution is 5.79. The van der Waals surface area contributed by atoms with Crippen molar-refractivity contribution in [1.82, 2.24) is 9.80 Å². The van der Waals surface area contributed by atoms with Crippen molar-refractivity contribution in [2.24, 2.45) is 5.92 Å². The molecule has 0 bridgehead atoms. The number of ether oxygens (including phenoxy) is 1. The average molecular weight is 342 g/mol. The van der Waals surface area contributed by atoms with Crippen molar-refractivity contribution in [3.05, 3.63) is 35.9 Å². The maximum Gasteiger partial charge on any atom is 0.408 e. The summed E-state index contributed by atoms with van der Waals surface area (Å²) in [5, 5.41) is 0. The van der Waals surface area contributed by atoms with Gasteiger partial charge in [-0.3, -0.25) is 9.69 Å². The highest BCUT2D eigenvalue weighted by Gasteiger charge is 2.45. The summed E-state index contributed by atoms with van der Waals surface area (Å²) in [6.07, 6.45) is -3.64. The number of carbonyl (C=O) groups excluding carboxylic acids is 1. The zero-order valence-corrected chi connectivity index (χ0v) is 13.3. The van der Waals surface area contributed by atoms with E-state index in [2.05, 4.69) is 0 Å². The smallest absolute Gasteiger partial charge is 0.381 e. The summed E-state index contributed by atoms with van der Waals surface area (Å²) in [6.45, 7) is 2.11. The molecular formula is C17H21F3N2O2. The number of amides is 1. The topological polar surface area (TPSA) is 32.8 Å². The van der Waals surface area contributed by atoms with E-state index in [1.165, 1.54) is 17.0 Å². The molecule has 0 N–H and O–H groups in total. The van der Waals surface area contributed by atoms with Gasteiger partial charge in [-0.25, -0.2) is 0 Å². The van der Waals surface area contributed by atoms with Crippen molar-refractivity contribution >= 4 is 5.91 Å². The molecule has 3 rings (SSSR count). The summed E-state index contributed by atoms with van der Waals surface area (Å²) in [6, 6.07) is 6.33. The Kier molecular flexibility index (Phi) is 5.10. The molecule has 24 heavy (non-hydrogen) atoms. The van der Waals surface area contributed by atoms with Crippen LogP contribution in [0.25, 0.3) is 0 Å². The SMILES string of the molecule is O=C([C@H]1CCOC1)N1CCN([C@H](c2ccccc2)C(F)(F)F)CC1. The fourth-order valence-electron chi connectivity index (χ4n) is 3.43. The number of rotatable bonds is 3. The second-order valence-corrected chi connectivity index (χ2v) is 6.28. The second kappa shape index (κ2) is 7.11. The number of piperazine rings is 1. The molecule has 1 aromatic carbocycles. The minimum Gasteiger partial charge on any atom is -0.381 e. The molecule has 1 amide bonds. The first-order valence-corrected chi connectivity index (χ1v) is 8.19. The Labute approximate surface area is 139 Å². The summed E-state index contributed by atoms with van der Waals surface area (Å²) in [5.41, 5.74) is 0.244. The molecule has 7 heteroatoms. The Morgan fingerprint density at radius 1 is 1.12 bits per heavy atom. The van der Waals surface area contributed by atoms with Gasteiger partial charge in [0.1, 0.15) is 6.04 Å². The summed E-state index contributed by atoms with van der Waals surface area (Å²) < 4.78 is 45.9. The highest BCUT2D eigenvalue weighted by Crippen LogP contribution is 2.38. The maximum atomic E-state index is 13.6. The standard InChI is InChI=1S/C17H21F3N2O2/c18-17(19,20)15(13-4-2-1-3-5-13)21-7-9-22(10-8-21)16(23)14-6-11-24-12-14/h1-5,14-15H,6-12H2/t14-,15+/m0/s1. The molecule has 2 fully saturated rings. The molecule has 0 unspecified atom stereocenters. The molecule has 1 aromatic rings. The largest absolute Gasteiger partial charge is 0.408 e. The molecular weight excluding hydrogens is 321 g/mol. The molecule has 132 valence electrons. The van der Waals surface area contributed by atoms with E-state index in [-0.39, 0.29) is 30.5 Å². The van der Waals surface area contributed by atoms with Crippen molar-refractivity contribution in [3.8, 4) is 0 Å². The van der Waals surface area contributed by atoms with Crippen LogP contribution in [0.3, 0.4) is 0 Å². The molecule has 2 heterocycles. The zero-order valence-electron chi connectivity index (χ0n) is 13.3. The van der Waals surface area contributed by atoms with Gasteiger partial charge in [-0.2, -0.15) is 13.2 Å². The number of alkyl halides is 3. The number of halogens is 3. The third-order valence-corrected chi connectivity index (χ3v) is 4.70. The van der Waals surface area contributed by atoms with Crippen LogP contribution in [-0.4, -0.2) is 61.3 Å². The van der Waals surface area contributed by atoms with E-state index in [4.69, 9.17) is 4.74 Å². The lowest BCUT2D eigenvalue weighted by molar-refractivity contribution is -0.191. The fourth-order valence-corrected chi connectivity index (χ4v) is 3.43. The van der Waals surface area contributed by atoms with E-state index in [1.54, 1.807) is 23.1 Å². The normalized spacial score (nSPS) is 24.1. The first-order chi connectivity index (χ1) is 11.5. The summed E-state index contributed by atoms with van der Waals surface area (Å²) >= 11 is 0. The van der Waals surface area contributed by atoms with Gasteiger partial charge in [-0.15, -0.1) is 0 Å². The van der Waals surface area contributed by atoms with E-state index in [1.807, 2.05) is 0 Å². The molecule has 4 nitrogen and oxygen atoms in total. The number of hydrogen-bond acceptors (Lipinski definition) is 3. The Hall–Kier alpha value is -1.60. The number of nitrogens with zero attached hydrogens (tertiary/aromatic N) is 2. The van der Waals surface area contributed by atoms with Crippen molar-refractivity contribution < 1.29 is 22.7 Å². The molecule has 0 saturated carbocycles. The third-order valence-electron chi connectivity index (χ3n) is 4.70. The van der Waals surface area contributed by atoms with E-state index in [0.29, 0.717) is 32.7 Å². The van der Waals surface area contributed by atoms with Crippen LogP contribution in [-0.2, 0) is 9.53 Å². The van der Waals surface area contributed by atoms with Crippen LogP contribution in [0.1, 0.15) is 18.0 Å². The molecule has 0 spiro atoms. The van der Waals surface area contributed by atoms with Crippen LogP contribution < -0.4 is 0 Å². The van der Waals surface area contributed by atoms with Gasteiger partial charge in [0.15, 0.2) is 0 Å². The predicted molar refractivity (Wildman–Crippen MR) is 82.3 cm³/mol. The van der Waals surface area contributed by atoms with Crippen LogP contribution in [0.15, 0.2) is 30.3 Å². The van der Waals surface area contributed by atoms with Crippen LogP contribution in [0, 0.1) is 5.92 Å². The van der Waals surface area contributed by atoms with Crippen molar-refractivity contribution in [1.29, 1.82) is 0 Å². The minimum atomic E-state index is -4.34.